The van der Waals surface area contributed by atoms with Gasteiger partial charge in [0, 0.05) is 24.5 Å². The molecule has 6 nitrogen and oxygen atoms in total. The lowest BCUT2D eigenvalue weighted by Crippen LogP contribution is -2.28. The number of carbonyl (C=O) groups excluding carboxylic acids is 1. The molecule has 2 aromatic rings. The molecule has 0 atom stereocenters. The molecule has 21 heavy (non-hydrogen) atoms. The van der Waals surface area contributed by atoms with Crippen LogP contribution in [0, 0.1) is 0 Å². The van der Waals surface area contributed by atoms with Gasteiger partial charge in [-0.15, -0.1) is 0 Å². The fourth-order valence-corrected chi connectivity index (χ4v) is 2.19. The predicted molar refractivity (Wildman–Crippen MR) is 78.4 cm³/mol. The van der Waals surface area contributed by atoms with Gasteiger partial charge < -0.3 is 19.7 Å². The second-order valence-corrected chi connectivity index (χ2v) is 4.68. The summed E-state index contributed by atoms with van der Waals surface area (Å²) in [5.74, 6) is -0.221. The van der Waals surface area contributed by atoms with Gasteiger partial charge in [0.1, 0.15) is 12.3 Å². The molecule has 1 aromatic heterocycles. The van der Waals surface area contributed by atoms with Crippen LogP contribution in [-0.2, 0) is 16.1 Å². The summed E-state index contributed by atoms with van der Waals surface area (Å²) in [6, 6.07) is 7.59. The Hall–Kier alpha value is -2.50. The van der Waals surface area contributed by atoms with E-state index in [0.717, 1.165) is 16.7 Å². The van der Waals surface area contributed by atoms with Crippen LogP contribution in [0.15, 0.2) is 30.5 Å². The van der Waals surface area contributed by atoms with Gasteiger partial charge in [0.2, 0.25) is 5.91 Å². The summed E-state index contributed by atoms with van der Waals surface area (Å²) in [5, 5.41) is 12.2. The minimum absolute atomic E-state index is 0.0595. The first-order valence-electron chi connectivity index (χ1n) is 6.72. The van der Waals surface area contributed by atoms with Crippen molar-refractivity contribution >= 4 is 22.8 Å². The molecule has 2 rings (SSSR count). The molecular weight excluding hydrogens is 272 g/mol. The van der Waals surface area contributed by atoms with Crippen LogP contribution in [0.1, 0.15) is 12.8 Å². The maximum Gasteiger partial charge on any atom is 0.303 e. The highest BCUT2D eigenvalue weighted by Gasteiger charge is 2.08. The summed E-state index contributed by atoms with van der Waals surface area (Å²) in [7, 11) is 1.61. The fourth-order valence-electron chi connectivity index (χ4n) is 2.19. The van der Waals surface area contributed by atoms with E-state index < -0.39 is 5.97 Å². The minimum Gasteiger partial charge on any atom is -0.496 e. The predicted octanol–water partition coefficient (Wildman–Crippen LogP) is 1.63. The monoisotopic (exact) mass is 290 g/mol. The zero-order chi connectivity index (χ0) is 15.2. The normalized spacial score (nSPS) is 10.5. The molecule has 1 amide bonds. The maximum atomic E-state index is 11.8. The average molecular weight is 290 g/mol. The smallest absolute Gasteiger partial charge is 0.303 e. The highest BCUT2D eigenvalue weighted by molar-refractivity contribution is 5.88. The molecule has 0 unspecified atom stereocenters. The van der Waals surface area contributed by atoms with Gasteiger partial charge >= 0.3 is 5.97 Å². The molecule has 1 heterocycles. The Kier molecular flexibility index (Phi) is 4.81. The zero-order valence-corrected chi connectivity index (χ0v) is 11.8. The van der Waals surface area contributed by atoms with Crippen LogP contribution in [0.2, 0.25) is 0 Å². The van der Waals surface area contributed by atoms with Crippen molar-refractivity contribution in [1.29, 1.82) is 0 Å². The highest BCUT2D eigenvalue weighted by atomic mass is 16.5. The van der Waals surface area contributed by atoms with Crippen molar-refractivity contribution in [2.24, 2.45) is 0 Å². The Morgan fingerprint density at radius 3 is 2.86 bits per heavy atom. The molecule has 0 saturated carbocycles. The van der Waals surface area contributed by atoms with Gasteiger partial charge in [-0.3, -0.25) is 9.59 Å². The summed E-state index contributed by atoms with van der Waals surface area (Å²) in [6.45, 7) is 0.567. The van der Waals surface area contributed by atoms with E-state index in [9.17, 15) is 9.59 Å². The van der Waals surface area contributed by atoms with Crippen LogP contribution in [-0.4, -0.2) is 35.2 Å². The molecule has 112 valence electrons. The van der Waals surface area contributed by atoms with Crippen LogP contribution >= 0.6 is 0 Å². The lowest BCUT2D eigenvalue weighted by atomic mass is 10.2. The number of methoxy groups -OCH3 is 1. The molecule has 2 N–H and O–H groups in total. The standard InChI is InChI=1S/C15H18N2O4/c1-21-13-5-2-4-12-11(13)7-9-17(12)10-14(18)16-8-3-6-15(19)20/h2,4-5,7,9H,3,6,8,10H2,1H3,(H,16,18)(H,19,20). The number of amides is 1. The van der Waals surface area contributed by atoms with E-state index in [4.69, 9.17) is 9.84 Å². The van der Waals surface area contributed by atoms with E-state index in [2.05, 4.69) is 5.32 Å². The maximum absolute atomic E-state index is 11.8. The largest absolute Gasteiger partial charge is 0.496 e. The molecule has 1 aromatic carbocycles. The summed E-state index contributed by atoms with van der Waals surface area (Å²) >= 11 is 0. The number of nitrogens with one attached hydrogen (secondary N) is 1. The molecule has 0 radical (unpaired) electrons. The molecule has 0 aliphatic heterocycles. The Morgan fingerprint density at radius 2 is 2.14 bits per heavy atom. The average Bonchev–Trinajstić information content (AvgIpc) is 2.86. The second kappa shape index (κ2) is 6.78. The molecular formula is C15H18N2O4. The van der Waals surface area contributed by atoms with Crippen molar-refractivity contribution in [1.82, 2.24) is 9.88 Å². The first-order chi connectivity index (χ1) is 10.1. The number of nitrogens with zero attached hydrogens (tertiary/aromatic N) is 1. The van der Waals surface area contributed by atoms with E-state index in [1.54, 1.807) is 7.11 Å². The van der Waals surface area contributed by atoms with E-state index in [1.807, 2.05) is 35.0 Å². The molecule has 0 spiro atoms. The summed E-state index contributed by atoms with van der Waals surface area (Å²) in [6.07, 6.45) is 2.33. The Bertz CT molecular complexity index is 648. The van der Waals surface area contributed by atoms with Crippen molar-refractivity contribution in [3.8, 4) is 5.75 Å². The molecule has 0 bridgehead atoms. The number of hydrogen-bond donors (Lipinski definition) is 2. The number of aliphatic carboxylic acids is 1. The van der Waals surface area contributed by atoms with E-state index in [-0.39, 0.29) is 18.9 Å². The van der Waals surface area contributed by atoms with Crippen molar-refractivity contribution in [2.75, 3.05) is 13.7 Å². The third-order valence-electron chi connectivity index (χ3n) is 3.20. The van der Waals surface area contributed by atoms with E-state index in [0.29, 0.717) is 13.0 Å². The summed E-state index contributed by atoms with van der Waals surface area (Å²) in [4.78, 5) is 22.2. The Morgan fingerprint density at radius 1 is 1.33 bits per heavy atom. The van der Waals surface area contributed by atoms with Gasteiger partial charge in [-0.05, 0) is 24.6 Å². The molecule has 0 fully saturated rings. The summed E-state index contributed by atoms with van der Waals surface area (Å²) in [5.41, 5.74) is 0.926. The Balaban J connectivity index is 1.97. The number of hydrogen-bond acceptors (Lipinski definition) is 3. The molecule has 6 heteroatoms. The van der Waals surface area contributed by atoms with Crippen molar-refractivity contribution < 1.29 is 19.4 Å². The van der Waals surface area contributed by atoms with Crippen LogP contribution < -0.4 is 10.1 Å². The molecule has 0 aliphatic carbocycles. The van der Waals surface area contributed by atoms with Crippen LogP contribution in [0.4, 0.5) is 0 Å². The number of rotatable bonds is 7. The molecule has 0 aliphatic rings. The van der Waals surface area contributed by atoms with Crippen LogP contribution in [0.25, 0.3) is 10.9 Å². The van der Waals surface area contributed by atoms with Crippen LogP contribution in [0.5, 0.6) is 5.75 Å². The third kappa shape index (κ3) is 3.75. The topological polar surface area (TPSA) is 80.6 Å². The van der Waals surface area contributed by atoms with Crippen molar-refractivity contribution in [2.45, 2.75) is 19.4 Å². The highest BCUT2D eigenvalue weighted by Crippen LogP contribution is 2.25. The lowest BCUT2D eigenvalue weighted by Gasteiger charge is -2.07. The number of carboxylic acid groups (broad SMARTS) is 1. The first kappa shape index (κ1) is 14.9. The third-order valence-corrected chi connectivity index (χ3v) is 3.20. The van der Waals surface area contributed by atoms with Gasteiger partial charge in [-0.1, -0.05) is 6.07 Å². The SMILES string of the molecule is COc1cccc2c1ccn2CC(=O)NCCCC(=O)O. The van der Waals surface area contributed by atoms with Gasteiger partial charge in [0.15, 0.2) is 0 Å². The van der Waals surface area contributed by atoms with Gasteiger partial charge in [-0.25, -0.2) is 0 Å². The van der Waals surface area contributed by atoms with Crippen molar-refractivity contribution in [3.63, 3.8) is 0 Å². The van der Waals surface area contributed by atoms with Gasteiger partial charge in [-0.2, -0.15) is 0 Å². The van der Waals surface area contributed by atoms with E-state index >= 15 is 0 Å². The Labute approximate surface area is 122 Å². The van der Waals surface area contributed by atoms with Crippen LogP contribution in [0.3, 0.4) is 0 Å². The van der Waals surface area contributed by atoms with E-state index in [1.165, 1.54) is 0 Å². The number of fused-ring (bicyclic) bond motifs is 1. The second-order valence-electron chi connectivity index (χ2n) is 4.68. The fraction of sp³-hybridized carbons (Fsp3) is 0.333. The molecule has 0 saturated heterocycles. The number of ether oxygens (including phenoxy) is 1. The quantitative estimate of drug-likeness (QED) is 0.759. The number of aromatic nitrogens is 1. The minimum atomic E-state index is -0.854. The van der Waals surface area contributed by atoms with Crippen molar-refractivity contribution in [3.05, 3.63) is 30.5 Å². The zero-order valence-electron chi connectivity index (χ0n) is 11.8. The van der Waals surface area contributed by atoms with Gasteiger partial charge in [0.25, 0.3) is 0 Å². The number of carboxylic acids is 1. The lowest BCUT2D eigenvalue weighted by molar-refractivity contribution is -0.137. The van der Waals surface area contributed by atoms with Gasteiger partial charge in [0.05, 0.1) is 12.6 Å². The summed E-state index contributed by atoms with van der Waals surface area (Å²) < 4.78 is 7.12. The number of benzene rings is 1. The number of carbonyl (C=O) groups is 2. The first-order valence-corrected chi connectivity index (χ1v) is 6.72.